The first-order chi connectivity index (χ1) is 14.5. The van der Waals surface area contributed by atoms with Gasteiger partial charge in [0, 0.05) is 28.9 Å². The molecule has 4 atom stereocenters. The molecular weight excluding hydrogens is 372 g/mol. The minimum atomic E-state index is 0.176. The lowest BCUT2D eigenvalue weighted by atomic mass is 9.55. The molecule has 2 saturated carbocycles. The van der Waals surface area contributed by atoms with Crippen LogP contribution in [0.4, 0.5) is 0 Å². The molecule has 0 saturated heterocycles. The number of aryl methyl sites for hydroxylation is 2. The second kappa shape index (κ2) is 7.36. The zero-order chi connectivity index (χ0) is 20.9. The Morgan fingerprint density at radius 1 is 1.27 bits per heavy atom. The van der Waals surface area contributed by atoms with Crippen molar-refractivity contribution in [3.8, 4) is 5.75 Å². The topological polar surface area (TPSA) is 62.8 Å². The molecule has 0 unspecified atom stereocenters. The fraction of sp³-hybridized carbons (Fsp3) is 0.560. The van der Waals surface area contributed by atoms with Crippen molar-refractivity contribution in [2.24, 2.45) is 27.5 Å². The molecular formula is C25H32N4O. The Hall–Kier alpha value is -2.43. The predicted molar refractivity (Wildman–Crippen MR) is 120 cm³/mol. The second-order valence-corrected chi connectivity index (χ2v) is 9.59. The number of hydrogen-bond acceptors (Lipinski definition) is 4. The van der Waals surface area contributed by atoms with Crippen molar-refractivity contribution in [1.82, 2.24) is 9.78 Å². The summed E-state index contributed by atoms with van der Waals surface area (Å²) < 4.78 is 1.99. The van der Waals surface area contributed by atoms with Gasteiger partial charge in [0.25, 0.3) is 0 Å². The third-order valence-corrected chi connectivity index (χ3v) is 8.27. The average molecular weight is 405 g/mol. The summed E-state index contributed by atoms with van der Waals surface area (Å²) in [5.41, 5.74) is 6.51. The van der Waals surface area contributed by atoms with Crippen molar-refractivity contribution in [2.75, 3.05) is 0 Å². The van der Waals surface area contributed by atoms with Gasteiger partial charge in [-0.15, -0.1) is 0 Å². The van der Waals surface area contributed by atoms with E-state index >= 15 is 0 Å². The number of fused-ring (bicyclic) bond motifs is 5. The van der Waals surface area contributed by atoms with E-state index in [0.717, 1.165) is 36.6 Å². The summed E-state index contributed by atoms with van der Waals surface area (Å²) >= 11 is 0. The SMILES string of the molecule is CCn1ncc(/C=N\N=C2\CC[C@H]3[C@@H]4CCc5cc(O)ccc5[C@@H]4CC[C@]23C)c1C. The van der Waals surface area contributed by atoms with Crippen LogP contribution in [-0.4, -0.2) is 26.8 Å². The molecule has 5 rings (SSSR count). The molecule has 1 N–H and O–H groups in total. The molecule has 5 nitrogen and oxygen atoms in total. The first-order valence-corrected chi connectivity index (χ1v) is 11.5. The summed E-state index contributed by atoms with van der Waals surface area (Å²) in [5.74, 6) is 2.46. The molecule has 5 heteroatoms. The van der Waals surface area contributed by atoms with E-state index in [2.05, 4.69) is 37.0 Å². The Labute approximate surface area is 178 Å². The number of aromatic hydroxyl groups is 1. The highest BCUT2D eigenvalue weighted by Gasteiger charge is 2.53. The van der Waals surface area contributed by atoms with Gasteiger partial charge in [-0.1, -0.05) is 13.0 Å². The number of benzene rings is 1. The van der Waals surface area contributed by atoms with Crippen LogP contribution in [0.5, 0.6) is 5.75 Å². The van der Waals surface area contributed by atoms with Crippen molar-refractivity contribution in [3.63, 3.8) is 0 Å². The highest BCUT2D eigenvalue weighted by molar-refractivity contribution is 5.93. The van der Waals surface area contributed by atoms with E-state index in [0.29, 0.717) is 17.6 Å². The molecule has 2 fully saturated rings. The van der Waals surface area contributed by atoms with E-state index in [9.17, 15) is 5.11 Å². The van der Waals surface area contributed by atoms with Gasteiger partial charge >= 0.3 is 0 Å². The first-order valence-electron chi connectivity index (χ1n) is 11.5. The quantitative estimate of drug-likeness (QED) is 0.561. The van der Waals surface area contributed by atoms with E-state index in [4.69, 9.17) is 5.10 Å². The van der Waals surface area contributed by atoms with Gasteiger partial charge in [0.15, 0.2) is 0 Å². The molecule has 0 spiro atoms. The van der Waals surface area contributed by atoms with Crippen molar-refractivity contribution in [1.29, 1.82) is 0 Å². The number of rotatable bonds is 3. The van der Waals surface area contributed by atoms with Gasteiger partial charge in [0.1, 0.15) is 5.75 Å². The summed E-state index contributed by atoms with van der Waals surface area (Å²) in [6, 6.07) is 6.03. The largest absolute Gasteiger partial charge is 0.508 e. The maximum Gasteiger partial charge on any atom is 0.115 e. The van der Waals surface area contributed by atoms with Crippen molar-refractivity contribution >= 4 is 11.9 Å². The van der Waals surface area contributed by atoms with Crippen LogP contribution in [-0.2, 0) is 13.0 Å². The second-order valence-electron chi connectivity index (χ2n) is 9.59. The van der Waals surface area contributed by atoms with Crippen LogP contribution in [0.15, 0.2) is 34.6 Å². The Kier molecular flexibility index (Phi) is 4.79. The maximum absolute atomic E-state index is 9.87. The van der Waals surface area contributed by atoms with Crippen LogP contribution in [0.25, 0.3) is 0 Å². The number of aromatic nitrogens is 2. The number of nitrogens with zero attached hydrogens (tertiary/aromatic N) is 4. The molecule has 30 heavy (non-hydrogen) atoms. The third kappa shape index (κ3) is 3.01. The Morgan fingerprint density at radius 3 is 2.93 bits per heavy atom. The standard InChI is InChI=1S/C25H32N4O/c1-4-29-16(2)18(15-27-29)14-26-28-24-10-9-23-22-7-5-17-13-19(30)6-8-20(17)21(22)11-12-25(23,24)3/h6,8,13-15,21-23,30H,4-5,7,9-12H2,1-3H3/b26-14-,28-24-/t21-,22+,23-,25-/m0/s1. The Bertz CT molecular complexity index is 1020. The van der Waals surface area contributed by atoms with Gasteiger partial charge in [0.05, 0.1) is 12.4 Å². The maximum atomic E-state index is 9.87. The molecule has 0 amide bonds. The summed E-state index contributed by atoms with van der Waals surface area (Å²) in [6.45, 7) is 7.49. The van der Waals surface area contributed by atoms with Crippen LogP contribution in [0.2, 0.25) is 0 Å². The van der Waals surface area contributed by atoms with Gasteiger partial charge in [-0.05, 0) is 93.4 Å². The van der Waals surface area contributed by atoms with Gasteiger partial charge < -0.3 is 5.11 Å². The van der Waals surface area contributed by atoms with Gasteiger partial charge in [0.2, 0.25) is 0 Å². The van der Waals surface area contributed by atoms with Crippen LogP contribution < -0.4 is 0 Å². The van der Waals surface area contributed by atoms with E-state index in [1.54, 1.807) is 0 Å². The smallest absolute Gasteiger partial charge is 0.115 e. The van der Waals surface area contributed by atoms with Crippen LogP contribution in [0, 0.1) is 24.2 Å². The third-order valence-electron chi connectivity index (χ3n) is 8.27. The van der Waals surface area contributed by atoms with Gasteiger partial charge in [-0.3, -0.25) is 4.68 Å². The fourth-order valence-corrected chi connectivity index (χ4v) is 6.59. The number of phenolic OH excluding ortho intramolecular Hbond substituents is 1. The minimum Gasteiger partial charge on any atom is -0.508 e. The lowest BCUT2D eigenvalue weighted by Crippen LogP contribution is -2.42. The molecule has 0 bridgehead atoms. The monoisotopic (exact) mass is 404 g/mol. The number of phenols is 1. The minimum absolute atomic E-state index is 0.176. The van der Waals surface area contributed by atoms with Crippen molar-refractivity contribution in [2.45, 2.75) is 71.8 Å². The highest BCUT2D eigenvalue weighted by Crippen LogP contribution is 2.60. The molecule has 0 aliphatic heterocycles. The van der Waals surface area contributed by atoms with Crippen LogP contribution in [0.3, 0.4) is 0 Å². The van der Waals surface area contributed by atoms with E-state index in [-0.39, 0.29) is 5.41 Å². The summed E-state index contributed by atoms with van der Waals surface area (Å²) in [7, 11) is 0. The summed E-state index contributed by atoms with van der Waals surface area (Å²) in [5, 5.41) is 23.5. The van der Waals surface area contributed by atoms with Gasteiger partial charge in [-0.25, -0.2) is 0 Å². The molecule has 2 aromatic rings. The van der Waals surface area contributed by atoms with E-state index in [1.165, 1.54) is 42.5 Å². The van der Waals surface area contributed by atoms with Crippen molar-refractivity contribution < 1.29 is 5.11 Å². The normalized spacial score (nSPS) is 31.7. The zero-order valence-electron chi connectivity index (χ0n) is 18.3. The molecule has 3 aliphatic rings. The molecule has 1 heterocycles. The molecule has 158 valence electrons. The molecule has 1 aromatic heterocycles. The average Bonchev–Trinajstić information content (AvgIpc) is 3.27. The molecule has 0 radical (unpaired) electrons. The van der Waals surface area contributed by atoms with Crippen LogP contribution >= 0.6 is 0 Å². The fourth-order valence-electron chi connectivity index (χ4n) is 6.59. The van der Waals surface area contributed by atoms with Crippen LogP contribution in [0.1, 0.15) is 74.3 Å². The Morgan fingerprint density at radius 2 is 2.13 bits per heavy atom. The van der Waals surface area contributed by atoms with Gasteiger partial charge in [-0.2, -0.15) is 15.3 Å². The summed E-state index contributed by atoms with van der Waals surface area (Å²) in [4.78, 5) is 0. The lowest BCUT2D eigenvalue weighted by Gasteiger charge is -2.49. The lowest BCUT2D eigenvalue weighted by molar-refractivity contribution is 0.0955. The zero-order valence-corrected chi connectivity index (χ0v) is 18.3. The Balaban J connectivity index is 1.37. The molecule has 3 aliphatic carbocycles. The predicted octanol–water partition coefficient (Wildman–Crippen LogP) is 5.25. The van der Waals surface area contributed by atoms with E-state index < -0.39 is 0 Å². The highest BCUT2D eigenvalue weighted by atomic mass is 16.3. The van der Waals surface area contributed by atoms with Crippen molar-refractivity contribution in [3.05, 3.63) is 46.8 Å². The number of hydrogen-bond donors (Lipinski definition) is 1. The first kappa shape index (κ1) is 19.5. The van der Waals surface area contributed by atoms with E-state index in [1.807, 2.05) is 29.2 Å². The molecule has 1 aromatic carbocycles. The summed E-state index contributed by atoms with van der Waals surface area (Å²) in [6.07, 6.45) is 10.7.